The number of halogens is 1. The molecule has 7 nitrogen and oxygen atoms in total. The van der Waals surface area contributed by atoms with Gasteiger partial charge in [-0.25, -0.2) is 0 Å². The van der Waals surface area contributed by atoms with Gasteiger partial charge in [0.1, 0.15) is 11.3 Å². The van der Waals surface area contributed by atoms with Crippen molar-refractivity contribution in [2.24, 2.45) is 5.92 Å². The Morgan fingerprint density at radius 2 is 1.79 bits per heavy atom. The number of benzene rings is 1. The van der Waals surface area contributed by atoms with E-state index in [0.717, 1.165) is 12.1 Å². The van der Waals surface area contributed by atoms with Gasteiger partial charge in [0.2, 0.25) is 5.91 Å². The first-order chi connectivity index (χ1) is 13.1. The predicted molar refractivity (Wildman–Crippen MR) is 109 cm³/mol. The predicted octanol–water partition coefficient (Wildman–Crippen LogP) is 3.52. The third-order valence-electron chi connectivity index (χ3n) is 5.58. The lowest BCUT2D eigenvalue weighted by molar-refractivity contribution is -0.117. The molecule has 2 heterocycles. The van der Waals surface area contributed by atoms with E-state index < -0.39 is 0 Å². The minimum Gasteiger partial charge on any atom is -0.361 e. The lowest BCUT2D eigenvalue weighted by atomic mass is 9.85. The molecule has 3 N–H and O–H groups in total. The standard InChI is InChI=1S/C20H24N4O3.ClH/c1-12-16(11-21-27-12)19(25)22-14-6-8-15(9-7-14)23-20(26)18-10-13-4-2-3-5-17(13)24-18;/h6-9,11,13,17-18,24H,2-5,10H2,1H3,(H,22,25)(H,23,26);1H. The van der Waals surface area contributed by atoms with E-state index in [4.69, 9.17) is 4.52 Å². The second-order valence-corrected chi connectivity index (χ2v) is 7.42. The molecule has 2 amide bonds. The molecule has 3 atom stereocenters. The van der Waals surface area contributed by atoms with E-state index in [9.17, 15) is 9.59 Å². The number of anilines is 2. The van der Waals surface area contributed by atoms with Crippen LogP contribution < -0.4 is 16.0 Å². The molecule has 2 fully saturated rings. The van der Waals surface area contributed by atoms with Crippen molar-refractivity contribution >= 4 is 35.6 Å². The second-order valence-electron chi connectivity index (χ2n) is 7.42. The van der Waals surface area contributed by atoms with Gasteiger partial charge in [0, 0.05) is 17.4 Å². The third-order valence-corrected chi connectivity index (χ3v) is 5.58. The van der Waals surface area contributed by atoms with Crippen molar-refractivity contribution in [2.45, 2.75) is 51.1 Å². The van der Waals surface area contributed by atoms with Crippen LogP contribution in [0.5, 0.6) is 0 Å². The highest BCUT2D eigenvalue weighted by Crippen LogP contribution is 2.33. The van der Waals surface area contributed by atoms with Crippen molar-refractivity contribution in [3.8, 4) is 0 Å². The van der Waals surface area contributed by atoms with Gasteiger partial charge < -0.3 is 20.5 Å². The number of fused-ring (bicyclic) bond motifs is 1. The molecule has 0 bridgehead atoms. The third kappa shape index (κ3) is 4.36. The van der Waals surface area contributed by atoms with Crippen LogP contribution in [0.2, 0.25) is 0 Å². The van der Waals surface area contributed by atoms with Gasteiger partial charge in [0.05, 0.1) is 12.2 Å². The SMILES string of the molecule is Cc1oncc1C(=O)Nc1ccc(NC(=O)C2CC3CCCCC3N2)cc1.Cl. The molecule has 1 aromatic carbocycles. The molecule has 3 unspecified atom stereocenters. The number of aryl methyl sites for hydroxylation is 1. The summed E-state index contributed by atoms with van der Waals surface area (Å²) >= 11 is 0. The van der Waals surface area contributed by atoms with E-state index in [-0.39, 0.29) is 30.3 Å². The largest absolute Gasteiger partial charge is 0.361 e. The van der Waals surface area contributed by atoms with Gasteiger partial charge in [-0.15, -0.1) is 12.4 Å². The summed E-state index contributed by atoms with van der Waals surface area (Å²) in [6, 6.07) is 7.48. The summed E-state index contributed by atoms with van der Waals surface area (Å²) < 4.78 is 4.91. The maximum Gasteiger partial charge on any atom is 0.260 e. The van der Waals surface area contributed by atoms with Crippen LogP contribution in [-0.2, 0) is 4.79 Å². The first kappa shape index (κ1) is 20.4. The molecule has 2 aliphatic rings. The van der Waals surface area contributed by atoms with Crippen LogP contribution >= 0.6 is 12.4 Å². The Balaban J connectivity index is 0.00000225. The van der Waals surface area contributed by atoms with E-state index in [1.165, 1.54) is 31.9 Å². The summed E-state index contributed by atoms with van der Waals surface area (Å²) in [4.78, 5) is 24.7. The highest BCUT2D eigenvalue weighted by atomic mass is 35.5. The van der Waals surface area contributed by atoms with Gasteiger partial charge in [-0.3, -0.25) is 9.59 Å². The van der Waals surface area contributed by atoms with Crippen LogP contribution in [0.3, 0.4) is 0 Å². The Kier molecular flexibility index (Phi) is 6.36. The molecule has 1 saturated carbocycles. The maximum absolute atomic E-state index is 12.6. The first-order valence-electron chi connectivity index (χ1n) is 9.50. The van der Waals surface area contributed by atoms with Crippen molar-refractivity contribution in [3.63, 3.8) is 0 Å². The van der Waals surface area contributed by atoms with Gasteiger partial charge in [0.15, 0.2) is 0 Å². The molecular weight excluding hydrogens is 380 g/mol. The number of amides is 2. The molecule has 1 aliphatic heterocycles. The first-order valence-corrected chi connectivity index (χ1v) is 9.50. The van der Waals surface area contributed by atoms with Crippen LogP contribution in [0.4, 0.5) is 11.4 Å². The van der Waals surface area contributed by atoms with Crippen LogP contribution in [0.1, 0.15) is 48.2 Å². The van der Waals surface area contributed by atoms with Gasteiger partial charge in [-0.2, -0.15) is 0 Å². The highest BCUT2D eigenvalue weighted by molar-refractivity contribution is 6.04. The second kappa shape index (κ2) is 8.75. The number of rotatable bonds is 4. The molecular formula is C20H25ClN4O3. The highest BCUT2D eigenvalue weighted by Gasteiger charge is 2.38. The number of nitrogens with one attached hydrogen (secondary N) is 3. The summed E-state index contributed by atoms with van der Waals surface area (Å²) in [5.41, 5.74) is 1.76. The summed E-state index contributed by atoms with van der Waals surface area (Å²) in [5.74, 6) is 0.846. The van der Waals surface area contributed by atoms with Crippen molar-refractivity contribution in [1.82, 2.24) is 10.5 Å². The van der Waals surface area contributed by atoms with Crippen molar-refractivity contribution < 1.29 is 14.1 Å². The number of hydrogen-bond acceptors (Lipinski definition) is 5. The average molecular weight is 405 g/mol. The molecule has 1 aromatic heterocycles. The monoisotopic (exact) mass is 404 g/mol. The quantitative estimate of drug-likeness (QED) is 0.724. The Hall–Kier alpha value is -2.38. The fourth-order valence-corrected chi connectivity index (χ4v) is 4.10. The Bertz CT molecular complexity index is 822. The van der Waals surface area contributed by atoms with Crippen LogP contribution in [-0.4, -0.2) is 29.1 Å². The van der Waals surface area contributed by atoms with Gasteiger partial charge in [-0.1, -0.05) is 18.0 Å². The molecule has 28 heavy (non-hydrogen) atoms. The molecule has 2 aromatic rings. The lowest BCUT2D eigenvalue weighted by Gasteiger charge is -2.24. The molecule has 0 spiro atoms. The molecule has 4 rings (SSSR count). The summed E-state index contributed by atoms with van der Waals surface area (Å²) in [7, 11) is 0. The summed E-state index contributed by atoms with van der Waals surface area (Å²) in [5, 5.41) is 12.9. The van der Waals surface area contributed by atoms with Crippen LogP contribution in [0, 0.1) is 12.8 Å². The van der Waals surface area contributed by atoms with Crippen molar-refractivity contribution in [2.75, 3.05) is 10.6 Å². The zero-order valence-electron chi connectivity index (χ0n) is 15.7. The van der Waals surface area contributed by atoms with Crippen molar-refractivity contribution in [3.05, 3.63) is 41.8 Å². The van der Waals surface area contributed by atoms with Gasteiger partial charge in [0.25, 0.3) is 5.91 Å². The minimum atomic E-state index is -0.275. The minimum absolute atomic E-state index is 0. The average Bonchev–Trinajstić information content (AvgIpc) is 3.29. The topological polar surface area (TPSA) is 96.3 Å². The Morgan fingerprint density at radius 3 is 2.43 bits per heavy atom. The zero-order valence-corrected chi connectivity index (χ0v) is 16.6. The smallest absolute Gasteiger partial charge is 0.260 e. The molecule has 1 aliphatic carbocycles. The number of carbonyl (C=O) groups is 2. The molecule has 150 valence electrons. The molecule has 8 heteroatoms. The van der Waals surface area contributed by atoms with Gasteiger partial charge >= 0.3 is 0 Å². The van der Waals surface area contributed by atoms with E-state index >= 15 is 0 Å². The molecule has 1 saturated heterocycles. The zero-order chi connectivity index (χ0) is 18.8. The summed E-state index contributed by atoms with van der Waals surface area (Å²) in [6.45, 7) is 1.69. The van der Waals surface area contributed by atoms with Crippen molar-refractivity contribution in [1.29, 1.82) is 0 Å². The maximum atomic E-state index is 12.6. The Morgan fingerprint density at radius 1 is 1.11 bits per heavy atom. The molecule has 0 radical (unpaired) electrons. The Labute approximate surface area is 170 Å². The fourth-order valence-electron chi connectivity index (χ4n) is 4.10. The number of hydrogen-bond donors (Lipinski definition) is 3. The summed E-state index contributed by atoms with van der Waals surface area (Å²) in [6.07, 6.45) is 7.24. The number of aromatic nitrogens is 1. The van der Waals surface area contributed by atoms with Crippen LogP contribution in [0.15, 0.2) is 35.0 Å². The van der Waals surface area contributed by atoms with Gasteiger partial charge in [-0.05, 0) is 56.4 Å². The van der Waals surface area contributed by atoms with E-state index in [2.05, 4.69) is 21.1 Å². The van der Waals surface area contributed by atoms with E-state index in [1.807, 2.05) is 0 Å². The van der Waals surface area contributed by atoms with E-state index in [1.54, 1.807) is 31.2 Å². The van der Waals surface area contributed by atoms with Crippen LogP contribution in [0.25, 0.3) is 0 Å². The number of carbonyl (C=O) groups excluding carboxylic acids is 2. The normalized spacial score (nSPS) is 23.4. The lowest BCUT2D eigenvalue weighted by Crippen LogP contribution is -2.39. The fraction of sp³-hybridized carbons (Fsp3) is 0.450. The number of nitrogens with zero attached hydrogens (tertiary/aromatic N) is 1. The van der Waals surface area contributed by atoms with E-state index in [0.29, 0.717) is 29.0 Å².